The van der Waals surface area contributed by atoms with E-state index >= 15 is 0 Å². The first kappa shape index (κ1) is 14.1. The van der Waals surface area contributed by atoms with Crippen LogP contribution in [0.15, 0.2) is 29.5 Å². The molecule has 0 unspecified atom stereocenters. The average molecular weight is 278 g/mol. The highest BCUT2D eigenvalue weighted by molar-refractivity contribution is 6.33. The van der Waals surface area contributed by atoms with Crippen molar-refractivity contribution >= 4 is 23.1 Å². The van der Waals surface area contributed by atoms with Gasteiger partial charge in [0.1, 0.15) is 0 Å². The summed E-state index contributed by atoms with van der Waals surface area (Å²) in [5.41, 5.74) is 3.98. The quantitative estimate of drug-likeness (QED) is 0.848. The van der Waals surface area contributed by atoms with Gasteiger partial charge in [-0.25, -0.2) is 0 Å². The summed E-state index contributed by atoms with van der Waals surface area (Å²) in [4.78, 5) is 11.5. The summed E-state index contributed by atoms with van der Waals surface area (Å²) in [5.74, 6) is 0.746. The maximum Gasteiger partial charge on any atom is 0.160 e. The van der Waals surface area contributed by atoms with Crippen molar-refractivity contribution in [1.82, 2.24) is 0 Å². The molecule has 0 spiro atoms. The van der Waals surface area contributed by atoms with Crippen LogP contribution >= 0.6 is 11.6 Å². The molecular weight excluding hydrogens is 258 g/mol. The van der Waals surface area contributed by atoms with Gasteiger partial charge in [-0.3, -0.25) is 4.79 Å². The number of ketones is 1. The highest BCUT2D eigenvalue weighted by atomic mass is 35.5. The fourth-order valence-corrected chi connectivity index (χ4v) is 2.51. The van der Waals surface area contributed by atoms with Gasteiger partial charge in [0.25, 0.3) is 0 Å². The van der Waals surface area contributed by atoms with Crippen LogP contribution in [0.3, 0.4) is 0 Å². The molecule has 3 heteroatoms. The molecule has 1 aliphatic rings. The van der Waals surface area contributed by atoms with Crippen LogP contribution in [0.5, 0.6) is 0 Å². The van der Waals surface area contributed by atoms with Crippen molar-refractivity contribution in [2.24, 2.45) is 0 Å². The van der Waals surface area contributed by atoms with Crippen LogP contribution in [0.1, 0.15) is 51.5 Å². The van der Waals surface area contributed by atoms with Crippen LogP contribution in [0, 0.1) is 0 Å². The number of halogens is 1. The molecule has 0 saturated heterocycles. The summed E-state index contributed by atoms with van der Waals surface area (Å²) in [5, 5.41) is 4.02. The van der Waals surface area contributed by atoms with Crippen molar-refractivity contribution < 1.29 is 4.79 Å². The van der Waals surface area contributed by atoms with Crippen LogP contribution in [-0.2, 0) is 4.79 Å². The van der Waals surface area contributed by atoms with Gasteiger partial charge in [0.2, 0.25) is 0 Å². The topological polar surface area (TPSA) is 29.1 Å². The SMILES string of the molecule is CC[C@@H](C)c1ccc(NC2=C(C)C(=O)CC2)c(Cl)c1. The number of Topliss-reactive ketones (excluding diaryl/α,β-unsaturated/α-hetero) is 1. The Kier molecular flexibility index (Phi) is 4.31. The van der Waals surface area contributed by atoms with E-state index < -0.39 is 0 Å². The van der Waals surface area contributed by atoms with Crippen molar-refractivity contribution in [3.63, 3.8) is 0 Å². The van der Waals surface area contributed by atoms with Gasteiger partial charge in [0, 0.05) is 17.7 Å². The molecular formula is C16H20ClNO. The zero-order chi connectivity index (χ0) is 14.0. The Labute approximate surface area is 119 Å². The smallest absolute Gasteiger partial charge is 0.160 e. The predicted octanol–water partition coefficient (Wildman–Crippen LogP) is 4.90. The van der Waals surface area contributed by atoms with Crippen LogP contribution in [0.25, 0.3) is 0 Å². The molecule has 1 atom stereocenters. The summed E-state index contributed by atoms with van der Waals surface area (Å²) in [6, 6.07) is 6.13. The molecule has 102 valence electrons. The maximum atomic E-state index is 11.5. The fraction of sp³-hybridized carbons (Fsp3) is 0.438. The van der Waals surface area contributed by atoms with Crippen LogP contribution in [-0.4, -0.2) is 5.78 Å². The number of hydrogen-bond acceptors (Lipinski definition) is 2. The predicted molar refractivity (Wildman–Crippen MR) is 80.7 cm³/mol. The Morgan fingerprint density at radius 2 is 2.11 bits per heavy atom. The van der Waals surface area contributed by atoms with E-state index in [2.05, 4.69) is 25.2 Å². The van der Waals surface area contributed by atoms with Gasteiger partial charge in [0.05, 0.1) is 10.7 Å². The first-order chi connectivity index (χ1) is 9.02. The Balaban J connectivity index is 2.21. The first-order valence-electron chi connectivity index (χ1n) is 6.82. The third kappa shape index (κ3) is 3.01. The summed E-state index contributed by atoms with van der Waals surface area (Å²) < 4.78 is 0. The van der Waals surface area contributed by atoms with E-state index in [1.165, 1.54) is 5.56 Å². The molecule has 2 nitrogen and oxygen atoms in total. The minimum atomic E-state index is 0.231. The maximum absolute atomic E-state index is 11.5. The molecule has 0 heterocycles. The van der Waals surface area contributed by atoms with E-state index in [0.717, 1.165) is 34.8 Å². The number of rotatable bonds is 4. The van der Waals surface area contributed by atoms with Gasteiger partial charge in [-0.1, -0.05) is 31.5 Å². The zero-order valence-corrected chi connectivity index (χ0v) is 12.5. The lowest BCUT2D eigenvalue weighted by molar-refractivity contribution is -0.114. The molecule has 0 saturated carbocycles. The van der Waals surface area contributed by atoms with Gasteiger partial charge in [0.15, 0.2) is 5.78 Å². The number of carbonyl (C=O) groups is 1. The average Bonchev–Trinajstić information content (AvgIpc) is 2.72. The van der Waals surface area contributed by atoms with E-state index in [9.17, 15) is 4.79 Å². The Hall–Kier alpha value is -1.28. The molecule has 2 rings (SSSR count). The minimum Gasteiger partial charge on any atom is -0.357 e. The van der Waals surface area contributed by atoms with Crippen LogP contribution in [0.4, 0.5) is 5.69 Å². The second kappa shape index (κ2) is 5.79. The lowest BCUT2D eigenvalue weighted by atomic mass is 9.98. The molecule has 19 heavy (non-hydrogen) atoms. The standard InChI is InChI=1S/C16H20ClNO/c1-4-10(2)12-5-6-15(13(17)9-12)18-14-7-8-16(19)11(14)3/h5-6,9-10,18H,4,7-8H2,1-3H3/t10-/m1/s1. The monoisotopic (exact) mass is 277 g/mol. The lowest BCUT2D eigenvalue weighted by Crippen LogP contribution is -2.01. The van der Waals surface area contributed by atoms with Crippen molar-refractivity contribution in [2.45, 2.75) is 46.0 Å². The van der Waals surface area contributed by atoms with E-state index in [4.69, 9.17) is 11.6 Å². The molecule has 1 aliphatic carbocycles. The molecule has 0 bridgehead atoms. The molecule has 1 aromatic rings. The zero-order valence-electron chi connectivity index (χ0n) is 11.7. The Bertz CT molecular complexity index is 534. The summed E-state index contributed by atoms with van der Waals surface area (Å²) in [6.07, 6.45) is 2.49. The van der Waals surface area contributed by atoms with E-state index in [-0.39, 0.29) is 5.78 Å². The van der Waals surface area contributed by atoms with E-state index in [1.54, 1.807) is 0 Å². The Morgan fingerprint density at radius 3 is 2.63 bits per heavy atom. The lowest BCUT2D eigenvalue weighted by Gasteiger charge is -2.14. The number of anilines is 1. The van der Waals surface area contributed by atoms with Crippen molar-refractivity contribution in [3.8, 4) is 0 Å². The third-order valence-electron chi connectivity index (χ3n) is 3.93. The van der Waals surface area contributed by atoms with Crippen LogP contribution < -0.4 is 5.32 Å². The number of allylic oxidation sites excluding steroid dienone is 2. The molecule has 1 aromatic carbocycles. The third-order valence-corrected chi connectivity index (χ3v) is 4.25. The summed E-state index contributed by atoms with van der Waals surface area (Å²) in [7, 11) is 0. The first-order valence-corrected chi connectivity index (χ1v) is 7.20. The number of hydrogen-bond donors (Lipinski definition) is 1. The van der Waals surface area contributed by atoms with Crippen molar-refractivity contribution in [3.05, 3.63) is 40.1 Å². The van der Waals surface area contributed by atoms with Crippen molar-refractivity contribution in [1.29, 1.82) is 0 Å². The summed E-state index contributed by atoms with van der Waals surface area (Å²) >= 11 is 6.32. The van der Waals surface area contributed by atoms with Gasteiger partial charge in [-0.2, -0.15) is 0 Å². The molecule has 0 amide bonds. The molecule has 0 aromatic heterocycles. The van der Waals surface area contributed by atoms with Crippen LogP contribution in [0.2, 0.25) is 5.02 Å². The van der Waals surface area contributed by atoms with E-state index in [1.807, 2.05) is 19.1 Å². The highest BCUT2D eigenvalue weighted by Crippen LogP contribution is 2.31. The molecule has 0 fully saturated rings. The van der Waals surface area contributed by atoms with Gasteiger partial charge >= 0.3 is 0 Å². The van der Waals surface area contributed by atoms with Gasteiger partial charge < -0.3 is 5.32 Å². The highest BCUT2D eigenvalue weighted by Gasteiger charge is 2.19. The fourth-order valence-electron chi connectivity index (χ4n) is 2.28. The largest absolute Gasteiger partial charge is 0.357 e. The van der Waals surface area contributed by atoms with Crippen molar-refractivity contribution in [2.75, 3.05) is 5.32 Å². The summed E-state index contributed by atoms with van der Waals surface area (Å²) in [6.45, 7) is 6.24. The van der Waals surface area contributed by atoms with E-state index in [0.29, 0.717) is 12.3 Å². The number of benzene rings is 1. The van der Waals surface area contributed by atoms with Gasteiger partial charge in [-0.15, -0.1) is 0 Å². The number of nitrogens with one attached hydrogen (secondary N) is 1. The molecule has 0 radical (unpaired) electrons. The molecule has 0 aliphatic heterocycles. The Morgan fingerprint density at radius 1 is 1.37 bits per heavy atom. The van der Waals surface area contributed by atoms with Gasteiger partial charge in [-0.05, 0) is 43.4 Å². The normalized spacial score (nSPS) is 16.9. The second-order valence-corrected chi connectivity index (χ2v) is 5.61. The minimum absolute atomic E-state index is 0.231. The second-order valence-electron chi connectivity index (χ2n) is 5.20. The number of carbonyl (C=O) groups excluding carboxylic acids is 1. The molecule has 1 N–H and O–H groups in total.